The molecule has 6 rings (SSSR count). The molecule has 0 atom stereocenters. The maximum atomic E-state index is 2.38. The predicted octanol–water partition coefficient (Wildman–Crippen LogP) is 4.60. The summed E-state index contributed by atoms with van der Waals surface area (Å²) in [5.74, 6) is 0. The molecular weight excluding hydrogens is 768 g/mol. The average Bonchev–Trinajstić information content (AvgIpc) is 3.08. The first-order chi connectivity index (χ1) is 23.7. The van der Waals surface area contributed by atoms with Gasteiger partial charge in [0.15, 0.2) is 0 Å². The van der Waals surface area contributed by atoms with Crippen LogP contribution in [0, 0.1) is 83.1 Å². The first-order valence-electron chi connectivity index (χ1n) is 17.8. The normalized spacial score (nSPS) is 10.5. The van der Waals surface area contributed by atoms with Crippen LogP contribution in [-0.2, 0) is 16.8 Å². The maximum Gasteiger partial charge on any atom is 2.00 e. The number of hydrogen-bond acceptors (Lipinski definition) is 0. The summed E-state index contributed by atoms with van der Waals surface area (Å²) in [6, 6.07) is 41.8. The van der Waals surface area contributed by atoms with Gasteiger partial charge in [0, 0.05) is 0 Å². The summed E-state index contributed by atoms with van der Waals surface area (Å²) in [6.45, 7) is 26.4. The quantitative estimate of drug-likeness (QED) is 0.216. The fourth-order valence-corrected chi connectivity index (χ4v) is 11.1. The van der Waals surface area contributed by atoms with Gasteiger partial charge in [0.25, 0.3) is 0 Å². The van der Waals surface area contributed by atoms with Crippen LogP contribution in [0.1, 0.15) is 66.8 Å². The van der Waals surface area contributed by atoms with Crippen LogP contribution in [0.2, 0.25) is 0 Å². The van der Waals surface area contributed by atoms with E-state index < -0.39 is 15.8 Å². The molecule has 6 aromatic carbocycles. The predicted molar refractivity (Wildman–Crippen MR) is 227 cm³/mol. The smallest absolute Gasteiger partial charge is 1.00 e. The van der Waals surface area contributed by atoms with Gasteiger partial charge in [-0.25, -0.2) is 0 Å². The first kappa shape index (κ1) is 46.4. The molecule has 0 spiro atoms. The van der Waals surface area contributed by atoms with E-state index in [-0.39, 0.29) is 41.6 Å². The van der Waals surface area contributed by atoms with Gasteiger partial charge in [0.2, 0.25) is 0 Å². The fraction of sp³-hybridized carbons (Fsp3) is 0.250. The van der Waals surface area contributed by atoms with E-state index in [9.17, 15) is 0 Å². The Hall–Kier alpha value is -2.73. The van der Waals surface area contributed by atoms with Crippen molar-refractivity contribution in [2.45, 2.75) is 83.1 Å². The third kappa shape index (κ3) is 11.2. The summed E-state index contributed by atoms with van der Waals surface area (Å²) in [7, 11) is -1.06. The maximum absolute atomic E-state index is 2.38. The van der Waals surface area contributed by atoms with Crippen LogP contribution in [0.3, 0.4) is 0 Å². The molecule has 53 heavy (non-hydrogen) atoms. The Kier molecular flexibility index (Phi) is 17.7. The molecule has 1 radical (unpaired) electrons. The van der Waals surface area contributed by atoms with Crippen molar-refractivity contribution in [2.75, 3.05) is 0 Å². The number of halogens is 2. The zero-order chi connectivity index (χ0) is 36.3. The molecule has 0 aliphatic heterocycles. The average molecular weight is 823 g/mol. The molecule has 0 nitrogen and oxygen atoms in total. The molecule has 0 aromatic heterocycles. The minimum Gasteiger partial charge on any atom is -1.00 e. The number of hydrogen-bond donors (Lipinski definition) is 0. The second-order valence-electron chi connectivity index (χ2n) is 14.3. The second kappa shape index (κ2) is 20.3. The van der Waals surface area contributed by atoms with Gasteiger partial charge in [-0.1, -0.05) is 109 Å². The van der Waals surface area contributed by atoms with Crippen molar-refractivity contribution in [3.05, 3.63) is 176 Å². The van der Waals surface area contributed by atoms with Crippen LogP contribution in [0.5, 0.6) is 0 Å². The second-order valence-corrected chi connectivity index (χ2v) is 18.7. The molecule has 279 valence electrons. The monoisotopic (exact) mass is 821 g/mol. The van der Waals surface area contributed by atoms with Gasteiger partial charge in [-0.2, -0.15) is 0 Å². The van der Waals surface area contributed by atoms with E-state index in [1.807, 2.05) is 0 Å². The van der Waals surface area contributed by atoms with Gasteiger partial charge in [-0.05, 0) is 198 Å². The minimum atomic E-state index is -0.532. The summed E-state index contributed by atoms with van der Waals surface area (Å²) in [4.78, 5) is 0. The van der Waals surface area contributed by atoms with Crippen LogP contribution in [0.15, 0.2) is 109 Å². The molecule has 0 unspecified atom stereocenters. The van der Waals surface area contributed by atoms with Crippen LogP contribution in [-0.4, -0.2) is 0 Å². The molecule has 6 aromatic rings. The minimum absolute atomic E-state index is 0. The van der Waals surface area contributed by atoms with Crippen molar-refractivity contribution in [1.82, 2.24) is 0 Å². The Balaban J connectivity index is 0.000000347. The van der Waals surface area contributed by atoms with E-state index in [0.29, 0.717) is 0 Å². The Morgan fingerprint density at radius 1 is 0.226 bits per heavy atom. The van der Waals surface area contributed by atoms with Crippen molar-refractivity contribution in [2.24, 2.45) is 0 Å². The van der Waals surface area contributed by atoms with E-state index >= 15 is 0 Å². The number of benzene rings is 6. The zero-order valence-electron chi connectivity index (χ0n) is 33.4. The Morgan fingerprint density at radius 3 is 0.472 bits per heavy atom. The Labute approximate surface area is 346 Å². The van der Waals surface area contributed by atoms with Crippen LogP contribution >= 0.6 is 15.8 Å². The van der Waals surface area contributed by atoms with Gasteiger partial charge < -0.3 is 24.8 Å². The third-order valence-corrected chi connectivity index (χ3v) is 15.3. The molecule has 0 heterocycles. The number of rotatable bonds is 6. The van der Waals surface area contributed by atoms with E-state index in [1.54, 1.807) is 0 Å². The van der Waals surface area contributed by atoms with E-state index in [0.717, 1.165) is 0 Å². The van der Waals surface area contributed by atoms with Gasteiger partial charge in [-0.15, -0.1) is 0 Å². The Morgan fingerprint density at radius 2 is 0.358 bits per heavy atom. The van der Waals surface area contributed by atoms with Gasteiger partial charge in [0.1, 0.15) is 0 Å². The van der Waals surface area contributed by atoms with Crippen molar-refractivity contribution in [3.63, 3.8) is 0 Å². The van der Waals surface area contributed by atoms with Gasteiger partial charge in [0.05, 0.1) is 0 Å². The summed E-state index contributed by atoms with van der Waals surface area (Å²) in [5, 5.41) is 8.61. The van der Waals surface area contributed by atoms with Crippen molar-refractivity contribution < 1.29 is 41.6 Å². The summed E-state index contributed by atoms with van der Waals surface area (Å²) in [6.07, 6.45) is 0. The molecule has 0 aliphatic rings. The standard InChI is InChI=1S/2C24H27P.2ClH.Co/c2*1-16-7-10-22(13-19(16)4)25(23-11-8-17(2)20(5)14-23)24-12-9-18(3)21(6)15-24;;;/h2*7-15H,1-6H3;2*1H;/q;;;;+2/p-2. The zero-order valence-corrected chi connectivity index (χ0v) is 37.7. The molecule has 0 aliphatic carbocycles. The molecule has 5 heteroatoms. The van der Waals surface area contributed by atoms with E-state index in [2.05, 4.69) is 192 Å². The first-order valence-corrected chi connectivity index (χ1v) is 20.5. The molecule has 0 saturated carbocycles. The van der Waals surface area contributed by atoms with Crippen LogP contribution < -0.4 is 56.6 Å². The molecule has 0 N–H and O–H groups in total. The molecule has 0 fully saturated rings. The van der Waals surface area contributed by atoms with Crippen molar-refractivity contribution >= 4 is 47.7 Å². The van der Waals surface area contributed by atoms with E-state index in [4.69, 9.17) is 0 Å². The summed E-state index contributed by atoms with van der Waals surface area (Å²) < 4.78 is 0. The molecule has 0 amide bonds. The van der Waals surface area contributed by atoms with Crippen LogP contribution in [0.4, 0.5) is 0 Å². The number of aryl methyl sites for hydroxylation is 12. The molecular formula is C48H54Cl2CoP2. The molecule has 0 saturated heterocycles. The van der Waals surface area contributed by atoms with Crippen molar-refractivity contribution in [3.8, 4) is 0 Å². The van der Waals surface area contributed by atoms with Crippen LogP contribution in [0.25, 0.3) is 0 Å². The summed E-state index contributed by atoms with van der Waals surface area (Å²) in [5.41, 5.74) is 16.4. The Bertz CT molecular complexity index is 1770. The van der Waals surface area contributed by atoms with Crippen molar-refractivity contribution in [1.29, 1.82) is 0 Å². The van der Waals surface area contributed by atoms with Gasteiger partial charge in [-0.3, -0.25) is 0 Å². The largest absolute Gasteiger partial charge is 2.00 e. The third-order valence-electron chi connectivity index (χ3n) is 10.5. The van der Waals surface area contributed by atoms with Gasteiger partial charge >= 0.3 is 16.8 Å². The van der Waals surface area contributed by atoms with E-state index in [1.165, 1.54) is 98.6 Å². The fourth-order valence-electron chi connectivity index (χ4n) is 6.08. The summed E-state index contributed by atoms with van der Waals surface area (Å²) >= 11 is 0. The SMILES string of the molecule is Cc1ccc(P(c2ccc(C)c(C)c2)c2ccc(C)c(C)c2)cc1C.Cc1ccc(P(c2ccc(C)c(C)c2)c2ccc(C)c(C)c2)cc1C.[Cl-].[Cl-].[Co+2]. The topological polar surface area (TPSA) is 0 Å². The molecule has 0 bridgehead atoms.